The zero-order valence-electron chi connectivity index (χ0n) is 12.1. The van der Waals surface area contributed by atoms with Gasteiger partial charge in [0.2, 0.25) is 0 Å². The van der Waals surface area contributed by atoms with Crippen molar-refractivity contribution in [2.24, 2.45) is 16.0 Å². The van der Waals surface area contributed by atoms with Crippen LogP contribution in [-0.2, 0) is 0 Å². The summed E-state index contributed by atoms with van der Waals surface area (Å²) in [6, 6.07) is 11.4. The van der Waals surface area contributed by atoms with Gasteiger partial charge in [-0.2, -0.15) is 9.78 Å². The second-order valence-corrected chi connectivity index (χ2v) is 5.19. The normalized spacial score (nSPS) is 11.2. The highest BCUT2D eigenvalue weighted by Gasteiger charge is 2.12. The number of thiocarbonyl (C=S) groups is 1. The summed E-state index contributed by atoms with van der Waals surface area (Å²) in [6.45, 7) is 1.68. The Morgan fingerprint density at radius 3 is 2.70 bits per heavy atom. The number of nitrogens with one attached hydrogen (secondary N) is 2. The van der Waals surface area contributed by atoms with Crippen LogP contribution < -0.4 is 11.3 Å². The van der Waals surface area contributed by atoms with E-state index in [1.807, 2.05) is 30.3 Å². The maximum absolute atomic E-state index is 12.1. The number of aryl methyl sites for hydroxylation is 1. The van der Waals surface area contributed by atoms with Crippen LogP contribution in [0.2, 0.25) is 0 Å². The number of benzene rings is 1. The van der Waals surface area contributed by atoms with Crippen LogP contribution in [0.25, 0.3) is 11.3 Å². The van der Waals surface area contributed by atoms with Crippen LogP contribution in [0.15, 0.2) is 51.4 Å². The van der Waals surface area contributed by atoms with E-state index in [9.17, 15) is 4.79 Å². The smallest absolute Gasteiger partial charge is 0.301 e. The average molecular weight is 327 g/mol. The number of aromatic nitrogens is 4. The first-order valence-electron chi connectivity index (χ1n) is 6.70. The molecular formula is C14H13N7OS. The summed E-state index contributed by atoms with van der Waals surface area (Å²) in [4.78, 5) is 12.1. The van der Waals surface area contributed by atoms with E-state index in [0.29, 0.717) is 11.5 Å². The first kappa shape index (κ1) is 14.9. The SMILES string of the molecule is Cc1[nH]n(C(N)=S)c(=O)c1N=Nc1cc(-c2ccccc2)[nH]n1. The Morgan fingerprint density at radius 2 is 2.04 bits per heavy atom. The number of azo groups is 1. The van der Waals surface area contributed by atoms with Gasteiger partial charge in [0.15, 0.2) is 16.6 Å². The van der Waals surface area contributed by atoms with Crippen LogP contribution in [0, 0.1) is 6.92 Å². The summed E-state index contributed by atoms with van der Waals surface area (Å²) >= 11 is 4.78. The van der Waals surface area contributed by atoms with Gasteiger partial charge in [-0.3, -0.25) is 15.0 Å². The molecule has 3 aromatic rings. The third kappa shape index (κ3) is 2.94. The second-order valence-electron chi connectivity index (χ2n) is 4.77. The zero-order valence-corrected chi connectivity index (χ0v) is 13.0. The maximum atomic E-state index is 12.1. The van der Waals surface area contributed by atoms with Gasteiger partial charge >= 0.3 is 5.56 Å². The van der Waals surface area contributed by atoms with Gasteiger partial charge in [-0.15, -0.1) is 10.2 Å². The molecule has 0 saturated carbocycles. The van der Waals surface area contributed by atoms with Crippen LogP contribution in [0.5, 0.6) is 0 Å². The molecule has 2 heterocycles. The molecule has 0 spiro atoms. The predicted molar refractivity (Wildman–Crippen MR) is 90.2 cm³/mol. The summed E-state index contributed by atoms with van der Waals surface area (Å²) in [5.41, 5.74) is 7.45. The van der Waals surface area contributed by atoms with Crippen molar-refractivity contribution in [1.82, 2.24) is 20.0 Å². The summed E-state index contributed by atoms with van der Waals surface area (Å²) in [5.74, 6) is 0.366. The van der Waals surface area contributed by atoms with Crippen molar-refractivity contribution in [1.29, 1.82) is 0 Å². The minimum absolute atomic E-state index is 0.0781. The highest BCUT2D eigenvalue weighted by molar-refractivity contribution is 7.80. The summed E-state index contributed by atoms with van der Waals surface area (Å²) in [7, 11) is 0. The molecule has 0 saturated heterocycles. The third-order valence-electron chi connectivity index (χ3n) is 3.16. The Kier molecular flexibility index (Phi) is 3.85. The highest BCUT2D eigenvalue weighted by atomic mass is 32.1. The summed E-state index contributed by atoms with van der Waals surface area (Å²) < 4.78 is 1.04. The van der Waals surface area contributed by atoms with Crippen molar-refractivity contribution < 1.29 is 0 Å². The number of nitrogens with zero attached hydrogens (tertiary/aromatic N) is 4. The van der Waals surface area contributed by atoms with E-state index in [2.05, 4.69) is 25.5 Å². The van der Waals surface area contributed by atoms with Crippen LogP contribution in [0.4, 0.5) is 11.5 Å². The van der Waals surface area contributed by atoms with Crippen molar-refractivity contribution in [3.63, 3.8) is 0 Å². The minimum atomic E-state index is -0.447. The quantitative estimate of drug-likeness (QED) is 0.505. The number of hydrogen-bond acceptors (Lipinski definition) is 5. The Labute approximate surface area is 136 Å². The Balaban J connectivity index is 1.89. The van der Waals surface area contributed by atoms with Gasteiger partial charge < -0.3 is 5.73 Å². The molecule has 9 heteroatoms. The van der Waals surface area contributed by atoms with E-state index >= 15 is 0 Å². The Morgan fingerprint density at radius 1 is 1.30 bits per heavy atom. The molecule has 23 heavy (non-hydrogen) atoms. The maximum Gasteiger partial charge on any atom is 0.301 e. The van der Waals surface area contributed by atoms with Crippen molar-refractivity contribution in [3.05, 3.63) is 52.4 Å². The van der Waals surface area contributed by atoms with E-state index in [1.165, 1.54) is 0 Å². The Bertz CT molecular complexity index is 936. The van der Waals surface area contributed by atoms with Crippen molar-refractivity contribution in [3.8, 4) is 11.3 Å². The Hall–Kier alpha value is -3.07. The molecule has 2 aromatic heterocycles. The van der Waals surface area contributed by atoms with Gasteiger partial charge in [-0.1, -0.05) is 30.3 Å². The fourth-order valence-corrected chi connectivity index (χ4v) is 2.17. The van der Waals surface area contributed by atoms with Gasteiger partial charge in [-0.05, 0) is 24.7 Å². The molecule has 0 aliphatic rings. The number of hydrogen-bond donors (Lipinski definition) is 3. The van der Waals surface area contributed by atoms with E-state index < -0.39 is 5.56 Å². The number of aromatic amines is 2. The fraction of sp³-hybridized carbons (Fsp3) is 0.0714. The largest absolute Gasteiger partial charge is 0.374 e. The molecule has 0 aliphatic heterocycles. The number of H-pyrrole nitrogens is 2. The van der Waals surface area contributed by atoms with Gasteiger partial charge in [-0.25, -0.2) is 0 Å². The van der Waals surface area contributed by atoms with Crippen LogP contribution in [0.1, 0.15) is 5.69 Å². The van der Waals surface area contributed by atoms with E-state index in [1.54, 1.807) is 13.0 Å². The molecule has 1 aromatic carbocycles. The standard InChI is InChI=1S/C14H13N7OS/c1-8-12(13(22)21(20-8)14(15)23)19-18-11-7-10(16-17-11)9-5-3-2-4-6-9/h2-7,20H,1H3,(H2,15,23)(H,16,17). The molecule has 0 amide bonds. The molecule has 0 radical (unpaired) electrons. The van der Waals surface area contributed by atoms with Gasteiger partial charge in [0, 0.05) is 6.07 Å². The van der Waals surface area contributed by atoms with E-state index in [0.717, 1.165) is 15.9 Å². The lowest BCUT2D eigenvalue weighted by Crippen LogP contribution is -2.29. The molecule has 4 N–H and O–H groups in total. The fourth-order valence-electron chi connectivity index (χ4n) is 2.04. The summed E-state index contributed by atoms with van der Waals surface area (Å²) in [5, 5.41) is 17.5. The lowest BCUT2D eigenvalue weighted by atomic mass is 10.2. The molecule has 8 nitrogen and oxygen atoms in total. The molecule has 0 fully saturated rings. The third-order valence-corrected chi connectivity index (χ3v) is 3.34. The summed E-state index contributed by atoms with van der Waals surface area (Å²) in [6.07, 6.45) is 0. The lowest BCUT2D eigenvalue weighted by Gasteiger charge is -1.93. The zero-order chi connectivity index (χ0) is 16.4. The molecule has 0 unspecified atom stereocenters. The molecule has 0 bridgehead atoms. The monoisotopic (exact) mass is 327 g/mol. The van der Waals surface area contributed by atoms with Gasteiger partial charge in [0.1, 0.15) is 0 Å². The minimum Gasteiger partial charge on any atom is -0.374 e. The van der Waals surface area contributed by atoms with Crippen LogP contribution >= 0.6 is 12.2 Å². The van der Waals surface area contributed by atoms with Crippen LogP contribution in [-0.4, -0.2) is 25.1 Å². The second kappa shape index (κ2) is 5.97. The van der Waals surface area contributed by atoms with Gasteiger partial charge in [0.05, 0.1) is 11.4 Å². The van der Waals surface area contributed by atoms with E-state index in [4.69, 9.17) is 18.0 Å². The first-order valence-corrected chi connectivity index (χ1v) is 7.11. The first-order chi connectivity index (χ1) is 11.1. The van der Waals surface area contributed by atoms with Crippen LogP contribution in [0.3, 0.4) is 0 Å². The van der Waals surface area contributed by atoms with E-state index in [-0.39, 0.29) is 10.8 Å². The topological polar surface area (TPSA) is 117 Å². The van der Waals surface area contributed by atoms with Crippen molar-refractivity contribution >= 4 is 28.8 Å². The molecule has 0 atom stereocenters. The van der Waals surface area contributed by atoms with Crippen molar-refractivity contribution in [2.45, 2.75) is 6.92 Å². The van der Waals surface area contributed by atoms with Gasteiger partial charge in [0.25, 0.3) is 0 Å². The predicted octanol–water partition coefficient (Wildman–Crippen LogP) is 2.38. The molecule has 3 rings (SSSR count). The molecule has 0 aliphatic carbocycles. The number of nitrogens with two attached hydrogens (primary N) is 1. The lowest BCUT2D eigenvalue weighted by molar-refractivity contribution is 0.889. The molecular weight excluding hydrogens is 314 g/mol. The molecule has 116 valence electrons. The van der Waals surface area contributed by atoms with Crippen molar-refractivity contribution in [2.75, 3.05) is 0 Å². The highest BCUT2D eigenvalue weighted by Crippen LogP contribution is 2.22. The number of rotatable bonds is 3. The average Bonchev–Trinajstić information content (AvgIpc) is 3.12.